The van der Waals surface area contributed by atoms with Crippen LogP contribution in [-0.2, 0) is 14.6 Å². The van der Waals surface area contributed by atoms with Crippen LogP contribution in [0.2, 0.25) is 0 Å². The Morgan fingerprint density at radius 2 is 1.77 bits per heavy atom. The first-order valence-corrected chi connectivity index (χ1v) is 12.5. The standard InChI is InChI=1S/C23H21N3O3S2/c1-16-8-7-9-17(14-16)26-20-12-5-3-10-18(20)25-23(26)30-15-22(27)24-19-11-4-6-13-21(19)31(2,28)29/h3-14H,15H2,1-2H3,(H,24,27). The molecule has 4 aromatic rings. The quantitative estimate of drug-likeness (QED) is 0.438. The summed E-state index contributed by atoms with van der Waals surface area (Å²) in [6.07, 6.45) is 1.12. The zero-order valence-corrected chi connectivity index (χ0v) is 18.7. The lowest BCUT2D eigenvalue weighted by molar-refractivity contribution is -0.113. The molecule has 3 aromatic carbocycles. The van der Waals surface area contributed by atoms with E-state index in [1.54, 1.807) is 18.2 Å². The Morgan fingerprint density at radius 3 is 2.55 bits per heavy atom. The number of carbonyl (C=O) groups excluding carboxylic acids is 1. The second kappa shape index (κ2) is 8.56. The molecule has 0 fully saturated rings. The lowest BCUT2D eigenvalue weighted by Gasteiger charge is -2.11. The molecular weight excluding hydrogens is 430 g/mol. The number of rotatable bonds is 6. The van der Waals surface area contributed by atoms with Gasteiger partial charge in [0.1, 0.15) is 0 Å². The fourth-order valence-corrected chi connectivity index (χ4v) is 5.00. The average molecular weight is 452 g/mol. The van der Waals surface area contributed by atoms with E-state index in [1.165, 1.54) is 17.8 Å². The number of nitrogens with one attached hydrogen (secondary N) is 1. The van der Waals surface area contributed by atoms with E-state index in [0.29, 0.717) is 5.16 Å². The Balaban J connectivity index is 1.61. The van der Waals surface area contributed by atoms with E-state index in [2.05, 4.69) is 11.4 Å². The Kier molecular flexibility index (Phi) is 5.84. The summed E-state index contributed by atoms with van der Waals surface area (Å²) in [7, 11) is -3.45. The van der Waals surface area contributed by atoms with E-state index >= 15 is 0 Å². The fraction of sp³-hybridized carbons (Fsp3) is 0.130. The van der Waals surface area contributed by atoms with Crippen LogP contribution in [0.5, 0.6) is 0 Å². The van der Waals surface area contributed by atoms with Crippen LogP contribution in [0, 0.1) is 6.92 Å². The van der Waals surface area contributed by atoms with Gasteiger partial charge in [0.15, 0.2) is 15.0 Å². The molecule has 0 saturated heterocycles. The number of aryl methyl sites for hydroxylation is 1. The van der Waals surface area contributed by atoms with E-state index in [0.717, 1.165) is 28.5 Å². The minimum Gasteiger partial charge on any atom is -0.324 e. The number of amides is 1. The van der Waals surface area contributed by atoms with Crippen LogP contribution in [0.1, 0.15) is 5.56 Å². The van der Waals surface area contributed by atoms with Gasteiger partial charge in [0.05, 0.1) is 27.4 Å². The van der Waals surface area contributed by atoms with Crippen LogP contribution in [0.4, 0.5) is 5.69 Å². The molecule has 0 bridgehead atoms. The van der Waals surface area contributed by atoms with Gasteiger partial charge in [-0.3, -0.25) is 9.36 Å². The molecule has 1 N–H and O–H groups in total. The van der Waals surface area contributed by atoms with E-state index in [1.807, 2.05) is 54.0 Å². The lowest BCUT2D eigenvalue weighted by atomic mass is 10.2. The summed E-state index contributed by atoms with van der Waals surface area (Å²) in [5.74, 6) is -0.211. The molecule has 0 atom stereocenters. The number of benzene rings is 3. The number of fused-ring (bicyclic) bond motifs is 1. The summed E-state index contributed by atoms with van der Waals surface area (Å²) in [5, 5.41) is 3.41. The van der Waals surface area contributed by atoms with Crippen LogP contribution in [-0.4, -0.2) is 35.9 Å². The van der Waals surface area contributed by atoms with Crippen molar-refractivity contribution in [3.05, 3.63) is 78.4 Å². The smallest absolute Gasteiger partial charge is 0.234 e. The van der Waals surface area contributed by atoms with Crippen LogP contribution in [0.3, 0.4) is 0 Å². The molecule has 1 heterocycles. The minimum atomic E-state index is -3.45. The van der Waals surface area contributed by atoms with Gasteiger partial charge in [-0.05, 0) is 48.9 Å². The number of hydrogen-bond donors (Lipinski definition) is 1. The molecule has 0 radical (unpaired) electrons. The second-order valence-electron chi connectivity index (χ2n) is 7.16. The summed E-state index contributed by atoms with van der Waals surface area (Å²) >= 11 is 1.30. The molecular formula is C23H21N3O3S2. The normalized spacial score (nSPS) is 11.5. The zero-order chi connectivity index (χ0) is 22.0. The predicted octanol–water partition coefficient (Wildman–Crippen LogP) is 4.47. The zero-order valence-electron chi connectivity index (χ0n) is 17.1. The number of carbonyl (C=O) groups is 1. The largest absolute Gasteiger partial charge is 0.324 e. The number of imidazole rings is 1. The van der Waals surface area contributed by atoms with Gasteiger partial charge in [-0.25, -0.2) is 13.4 Å². The first kappa shape index (κ1) is 21.1. The molecule has 8 heteroatoms. The van der Waals surface area contributed by atoms with Crippen molar-refractivity contribution < 1.29 is 13.2 Å². The molecule has 31 heavy (non-hydrogen) atoms. The first-order chi connectivity index (χ1) is 14.8. The van der Waals surface area contributed by atoms with E-state index < -0.39 is 9.84 Å². The summed E-state index contributed by atoms with van der Waals surface area (Å²) in [4.78, 5) is 17.4. The third-order valence-corrected chi connectivity index (χ3v) is 6.78. The summed E-state index contributed by atoms with van der Waals surface area (Å²) < 4.78 is 26.0. The van der Waals surface area contributed by atoms with E-state index in [-0.39, 0.29) is 22.2 Å². The molecule has 0 aliphatic carbocycles. The number of hydrogen-bond acceptors (Lipinski definition) is 5. The van der Waals surface area contributed by atoms with Crippen LogP contribution < -0.4 is 5.32 Å². The fourth-order valence-electron chi connectivity index (χ4n) is 3.33. The first-order valence-electron chi connectivity index (χ1n) is 9.59. The van der Waals surface area contributed by atoms with Gasteiger partial charge in [-0.2, -0.15) is 0 Å². The van der Waals surface area contributed by atoms with E-state index in [4.69, 9.17) is 4.98 Å². The van der Waals surface area contributed by atoms with Crippen LogP contribution in [0.25, 0.3) is 16.7 Å². The Hall–Kier alpha value is -3.10. The Bertz CT molecular complexity index is 1380. The van der Waals surface area contributed by atoms with Crippen molar-refractivity contribution >= 4 is 44.2 Å². The highest BCUT2D eigenvalue weighted by Crippen LogP contribution is 2.29. The number of aromatic nitrogens is 2. The third-order valence-electron chi connectivity index (χ3n) is 4.68. The molecule has 6 nitrogen and oxygen atoms in total. The number of nitrogens with zero attached hydrogens (tertiary/aromatic N) is 2. The van der Waals surface area contributed by atoms with Gasteiger partial charge < -0.3 is 5.32 Å². The molecule has 0 saturated carbocycles. The maximum atomic E-state index is 12.6. The Morgan fingerprint density at radius 1 is 1.03 bits per heavy atom. The SMILES string of the molecule is Cc1cccc(-n2c(SCC(=O)Nc3ccccc3S(C)(=O)=O)nc3ccccc32)c1. The predicted molar refractivity (Wildman–Crippen MR) is 125 cm³/mol. The van der Waals surface area contributed by atoms with Gasteiger partial charge in [-0.15, -0.1) is 0 Å². The van der Waals surface area contributed by atoms with Crippen LogP contribution >= 0.6 is 11.8 Å². The molecule has 158 valence electrons. The molecule has 0 spiro atoms. The molecule has 0 aliphatic rings. The third kappa shape index (κ3) is 4.65. The minimum absolute atomic E-state index is 0.0905. The van der Waals surface area contributed by atoms with Gasteiger partial charge >= 0.3 is 0 Å². The van der Waals surface area contributed by atoms with Crippen molar-refractivity contribution in [3.63, 3.8) is 0 Å². The van der Waals surface area contributed by atoms with Crippen molar-refractivity contribution in [2.24, 2.45) is 0 Å². The van der Waals surface area contributed by atoms with Crippen LogP contribution in [0.15, 0.2) is 82.8 Å². The summed E-state index contributed by atoms with van der Waals surface area (Å²) in [6, 6.07) is 22.3. The van der Waals surface area contributed by atoms with Crippen molar-refractivity contribution in [1.29, 1.82) is 0 Å². The maximum Gasteiger partial charge on any atom is 0.234 e. The highest BCUT2D eigenvalue weighted by atomic mass is 32.2. The summed E-state index contributed by atoms with van der Waals surface area (Å²) in [6.45, 7) is 2.03. The Labute approximate surface area is 185 Å². The van der Waals surface area contributed by atoms with Gasteiger partial charge in [-0.1, -0.05) is 48.2 Å². The number of sulfone groups is 1. The number of anilines is 1. The molecule has 1 aromatic heterocycles. The van der Waals surface area contributed by atoms with E-state index in [9.17, 15) is 13.2 Å². The van der Waals surface area contributed by atoms with Crippen molar-refractivity contribution in [2.75, 3.05) is 17.3 Å². The molecule has 1 amide bonds. The van der Waals surface area contributed by atoms with Gasteiger partial charge in [0.25, 0.3) is 0 Å². The molecule has 0 aliphatic heterocycles. The topological polar surface area (TPSA) is 81.1 Å². The van der Waals surface area contributed by atoms with Crippen molar-refractivity contribution in [1.82, 2.24) is 9.55 Å². The monoisotopic (exact) mass is 451 g/mol. The average Bonchev–Trinajstić information content (AvgIpc) is 3.10. The van der Waals surface area contributed by atoms with Crippen molar-refractivity contribution in [2.45, 2.75) is 17.0 Å². The second-order valence-corrected chi connectivity index (χ2v) is 10.1. The van der Waals surface area contributed by atoms with Gasteiger partial charge in [0, 0.05) is 11.9 Å². The van der Waals surface area contributed by atoms with Gasteiger partial charge in [0.2, 0.25) is 5.91 Å². The number of para-hydroxylation sites is 3. The lowest BCUT2D eigenvalue weighted by Crippen LogP contribution is -2.16. The molecule has 0 unspecified atom stereocenters. The molecule has 4 rings (SSSR count). The highest BCUT2D eigenvalue weighted by molar-refractivity contribution is 7.99. The highest BCUT2D eigenvalue weighted by Gasteiger charge is 2.17. The summed E-state index contributed by atoms with van der Waals surface area (Å²) in [5.41, 5.74) is 4.18. The van der Waals surface area contributed by atoms with Crippen molar-refractivity contribution in [3.8, 4) is 5.69 Å². The maximum absolute atomic E-state index is 12.6. The number of thioether (sulfide) groups is 1.